The van der Waals surface area contributed by atoms with Crippen LogP contribution >= 0.6 is 11.3 Å². The van der Waals surface area contributed by atoms with Gasteiger partial charge in [0.2, 0.25) is 0 Å². The molecule has 2 aromatic heterocycles. The SMILES string of the molecule is Nc1nc2c(s1)CCN(C/C=C/c1cc3ccccc3cn1)CC2. The van der Waals surface area contributed by atoms with Gasteiger partial charge in [-0.15, -0.1) is 11.3 Å². The van der Waals surface area contributed by atoms with E-state index >= 15 is 0 Å². The smallest absolute Gasteiger partial charge is 0.180 e. The fourth-order valence-corrected chi connectivity index (χ4v) is 3.99. The van der Waals surface area contributed by atoms with E-state index in [0.29, 0.717) is 5.13 Å². The summed E-state index contributed by atoms with van der Waals surface area (Å²) in [6, 6.07) is 10.5. The Bertz CT molecular complexity index is 858. The van der Waals surface area contributed by atoms with Crippen molar-refractivity contribution in [1.82, 2.24) is 14.9 Å². The van der Waals surface area contributed by atoms with Crippen molar-refractivity contribution in [2.45, 2.75) is 12.8 Å². The van der Waals surface area contributed by atoms with Gasteiger partial charge < -0.3 is 5.73 Å². The lowest BCUT2D eigenvalue weighted by Crippen LogP contribution is -2.26. The van der Waals surface area contributed by atoms with Crippen LogP contribution in [0.4, 0.5) is 5.13 Å². The van der Waals surface area contributed by atoms with E-state index in [-0.39, 0.29) is 0 Å². The second-order valence-corrected chi connectivity index (χ2v) is 7.20. The summed E-state index contributed by atoms with van der Waals surface area (Å²) < 4.78 is 0. The molecular formula is C19H20N4S. The second-order valence-electron chi connectivity index (χ2n) is 6.08. The molecule has 3 aromatic rings. The maximum absolute atomic E-state index is 5.80. The van der Waals surface area contributed by atoms with Crippen LogP contribution in [0.1, 0.15) is 16.3 Å². The molecule has 0 radical (unpaired) electrons. The van der Waals surface area contributed by atoms with Gasteiger partial charge in [-0.2, -0.15) is 0 Å². The van der Waals surface area contributed by atoms with Crippen molar-refractivity contribution in [3.05, 3.63) is 58.9 Å². The molecule has 5 heteroatoms. The van der Waals surface area contributed by atoms with Gasteiger partial charge in [0, 0.05) is 42.5 Å². The molecule has 0 bridgehead atoms. The standard InChI is InChI=1S/C19H20N4S/c20-19-22-17-7-10-23(11-8-18(17)24-19)9-3-6-16-12-14-4-1-2-5-15(14)13-21-16/h1-6,12-13H,7-11H2,(H2,20,22)/b6-3+. The van der Waals surface area contributed by atoms with E-state index in [1.54, 1.807) is 11.3 Å². The first-order valence-corrected chi connectivity index (χ1v) is 9.07. The summed E-state index contributed by atoms with van der Waals surface area (Å²) in [5.74, 6) is 0. The number of benzene rings is 1. The first-order chi connectivity index (χ1) is 11.8. The molecule has 0 spiro atoms. The summed E-state index contributed by atoms with van der Waals surface area (Å²) in [6.45, 7) is 3.04. The lowest BCUT2D eigenvalue weighted by molar-refractivity contribution is 0.318. The number of hydrogen-bond donors (Lipinski definition) is 1. The molecule has 0 saturated heterocycles. The lowest BCUT2D eigenvalue weighted by Gasteiger charge is -2.17. The van der Waals surface area contributed by atoms with Crippen LogP contribution in [-0.2, 0) is 12.8 Å². The van der Waals surface area contributed by atoms with Crippen molar-refractivity contribution >= 4 is 33.3 Å². The second kappa shape index (κ2) is 6.71. The van der Waals surface area contributed by atoms with Crippen molar-refractivity contribution in [1.29, 1.82) is 0 Å². The summed E-state index contributed by atoms with van der Waals surface area (Å²) in [7, 11) is 0. The summed E-state index contributed by atoms with van der Waals surface area (Å²) in [4.78, 5) is 12.8. The molecule has 122 valence electrons. The highest BCUT2D eigenvalue weighted by molar-refractivity contribution is 7.15. The number of nitrogen functional groups attached to an aromatic ring is 1. The third-order valence-corrected chi connectivity index (χ3v) is 5.41. The molecule has 0 atom stereocenters. The lowest BCUT2D eigenvalue weighted by atomic mass is 10.1. The van der Waals surface area contributed by atoms with Crippen molar-refractivity contribution in [2.24, 2.45) is 0 Å². The molecule has 0 fully saturated rings. The molecule has 3 heterocycles. The third-order valence-electron chi connectivity index (χ3n) is 4.42. The van der Waals surface area contributed by atoms with Gasteiger partial charge in [0.25, 0.3) is 0 Å². The van der Waals surface area contributed by atoms with Crippen LogP contribution in [-0.4, -0.2) is 34.5 Å². The average Bonchev–Trinajstić information content (AvgIpc) is 2.86. The van der Waals surface area contributed by atoms with Crippen molar-refractivity contribution in [3.8, 4) is 0 Å². The van der Waals surface area contributed by atoms with Gasteiger partial charge in [0.15, 0.2) is 5.13 Å². The van der Waals surface area contributed by atoms with E-state index in [4.69, 9.17) is 5.73 Å². The molecule has 2 N–H and O–H groups in total. The van der Waals surface area contributed by atoms with Crippen LogP contribution in [0.5, 0.6) is 0 Å². The van der Waals surface area contributed by atoms with E-state index in [1.807, 2.05) is 12.3 Å². The molecular weight excluding hydrogens is 316 g/mol. The Morgan fingerprint density at radius 3 is 2.92 bits per heavy atom. The number of hydrogen-bond acceptors (Lipinski definition) is 5. The Kier molecular flexibility index (Phi) is 4.28. The highest BCUT2D eigenvalue weighted by Crippen LogP contribution is 2.24. The van der Waals surface area contributed by atoms with Gasteiger partial charge in [-0.25, -0.2) is 4.98 Å². The Balaban J connectivity index is 1.39. The predicted octanol–water partition coefficient (Wildman–Crippen LogP) is 3.39. The monoisotopic (exact) mass is 336 g/mol. The molecule has 24 heavy (non-hydrogen) atoms. The molecule has 1 aliphatic heterocycles. The molecule has 4 rings (SSSR count). The molecule has 0 aliphatic carbocycles. The van der Waals surface area contributed by atoms with Crippen LogP contribution in [0, 0.1) is 0 Å². The molecule has 0 saturated carbocycles. The number of pyridine rings is 1. The van der Waals surface area contributed by atoms with Crippen molar-refractivity contribution < 1.29 is 0 Å². The van der Waals surface area contributed by atoms with Crippen LogP contribution in [0.15, 0.2) is 42.6 Å². The summed E-state index contributed by atoms with van der Waals surface area (Å²) >= 11 is 1.64. The van der Waals surface area contributed by atoms with Crippen molar-refractivity contribution in [3.63, 3.8) is 0 Å². The van der Waals surface area contributed by atoms with E-state index in [9.17, 15) is 0 Å². The van der Waals surface area contributed by atoms with Gasteiger partial charge in [-0.3, -0.25) is 9.88 Å². The minimum absolute atomic E-state index is 0.704. The zero-order chi connectivity index (χ0) is 16.4. The fraction of sp³-hybridized carbons (Fsp3) is 0.263. The van der Waals surface area contributed by atoms with E-state index in [2.05, 4.69) is 51.3 Å². The average molecular weight is 336 g/mol. The van der Waals surface area contributed by atoms with Crippen LogP contribution in [0.3, 0.4) is 0 Å². The minimum Gasteiger partial charge on any atom is -0.375 e. The maximum Gasteiger partial charge on any atom is 0.180 e. The van der Waals surface area contributed by atoms with E-state index in [0.717, 1.165) is 38.2 Å². The Hall–Kier alpha value is -2.24. The summed E-state index contributed by atoms with van der Waals surface area (Å²) in [5, 5.41) is 3.12. The zero-order valence-electron chi connectivity index (χ0n) is 13.5. The molecule has 4 nitrogen and oxygen atoms in total. The number of nitrogens with two attached hydrogens (primary N) is 1. The van der Waals surface area contributed by atoms with Crippen LogP contribution in [0.25, 0.3) is 16.8 Å². The molecule has 1 aliphatic rings. The van der Waals surface area contributed by atoms with Crippen LogP contribution in [0.2, 0.25) is 0 Å². The van der Waals surface area contributed by atoms with Gasteiger partial charge in [0.1, 0.15) is 0 Å². The van der Waals surface area contributed by atoms with Crippen molar-refractivity contribution in [2.75, 3.05) is 25.4 Å². The number of rotatable bonds is 3. The highest BCUT2D eigenvalue weighted by Gasteiger charge is 2.16. The largest absolute Gasteiger partial charge is 0.375 e. The number of aromatic nitrogens is 2. The molecule has 0 unspecified atom stereocenters. The molecule has 0 amide bonds. The zero-order valence-corrected chi connectivity index (χ0v) is 14.3. The topological polar surface area (TPSA) is 55.0 Å². The Morgan fingerprint density at radius 2 is 2.00 bits per heavy atom. The number of anilines is 1. The quantitative estimate of drug-likeness (QED) is 0.796. The third kappa shape index (κ3) is 3.32. The Morgan fingerprint density at radius 1 is 1.17 bits per heavy atom. The number of fused-ring (bicyclic) bond motifs is 2. The van der Waals surface area contributed by atoms with E-state index in [1.165, 1.54) is 21.3 Å². The number of nitrogens with zero attached hydrogens (tertiary/aromatic N) is 3. The summed E-state index contributed by atoms with van der Waals surface area (Å²) in [6.07, 6.45) is 8.30. The van der Waals surface area contributed by atoms with Gasteiger partial charge >= 0.3 is 0 Å². The highest BCUT2D eigenvalue weighted by atomic mass is 32.1. The van der Waals surface area contributed by atoms with Crippen LogP contribution < -0.4 is 5.73 Å². The first kappa shape index (κ1) is 15.3. The summed E-state index contributed by atoms with van der Waals surface area (Å²) in [5.41, 5.74) is 8.01. The van der Waals surface area contributed by atoms with Gasteiger partial charge in [-0.05, 0) is 23.9 Å². The molecule has 1 aromatic carbocycles. The number of thiazole rings is 1. The fourth-order valence-electron chi connectivity index (χ4n) is 3.13. The maximum atomic E-state index is 5.80. The predicted molar refractivity (Wildman–Crippen MR) is 101 cm³/mol. The van der Waals surface area contributed by atoms with Gasteiger partial charge in [-0.1, -0.05) is 30.3 Å². The van der Waals surface area contributed by atoms with Gasteiger partial charge in [0.05, 0.1) is 11.4 Å². The van der Waals surface area contributed by atoms with E-state index < -0.39 is 0 Å². The normalized spacial score (nSPS) is 15.7. The Labute approximate surface area is 145 Å². The first-order valence-electron chi connectivity index (χ1n) is 8.26. The minimum atomic E-state index is 0.704.